The first-order valence-corrected chi connectivity index (χ1v) is 5.45. The minimum atomic E-state index is -4.20. The van der Waals surface area contributed by atoms with Gasteiger partial charge in [-0.1, -0.05) is 6.42 Å². The fourth-order valence-corrected chi connectivity index (χ4v) is 1.73. The molecule has 1 amide bonds. The van der Waals surface area contributed by atoms with E-state index in [4.69, 9.17) is 0 Å². The van der Waals surface area contributed by atoms with Crippen LogP contribution in [0.2, 0.25) is 0 Å². The number of likely N-dealkylation sites (N-methyl/N-ethyl adjacent to an activating group) is 1. The Morgan fingerprint density at radius 1 is 1.44 bits per heavy atom. The van der Waals surface area contributed by atoms with Gasteiger partial charge in [0, 0.05) is 13.6 Å². The standard InChI is InChI=1S/C10H17F3N2O/c1-15(7-5-10(11,12)13)9(16)8-4-2-3-6-14-8/h8,14H,2-7H2,1H3/t8-/m0/s1. The van der Waals surface area contributed by atoms with Gasteiger partial charge in [-0.25, -0.2) is 0 Å². The number of nitrogens with one attached hydrogen (secondary N) is 1. The lowest BCUT2D eigenvalue weighted by Gasteiger charge is -2.27. The molecule has 6 heteroatoms. The summed E-state index contributed by atoms with van der Waals surface area (Å²) in [5.74, 6) is -0.232. The molecule has 0 bridgehead atoms. The number of hydrogen-bond acceptors (Lipinski definition) is 2. The van der Waals surface area contributed by atoms with E-state index < -0.39 is 12.6 Å². The third-order valence-corrected chi connectivity index (χ3v) is 2.72. The van der Waals surface area contributed by atoms with Crippen LogP contribution in [0.25, 0.3) is 0 Å². The molecule has 1 saturated heterocycles. The van der Waals surface area contributed by atoms with Crippen molar-refractivity contribution in [3.05, 3.63) is 0 Å². The first-order chi connectivity index (χ1) is 7.40. The lowest BCUT2D eigenvalue weighted by atomic mass is 10.0. The van der Waals surface area contributed by atoms with Crippen molar-refractivity contribution in [2.45, 2.75) is 37.9 Å². The number of carbonyl (C=O) groups excluding carboxylic acids is 1. The smallest absolute Gasteiger partial charge is 0.344 e. The van der Waals surface area contributed by atoms with Crippen molar-refractivity contribution in [2.24, 2.45) is 0 Å². The zero-order chi connectivity index (χ0) is 12.2. The van der Waals surface area contributed by atoms with E-state index in [0.29, 0.717) is 0 Å². The molecule has 1 N–H and O–H groups in total. The van der Waals surface area contributed by atoms with E-state index in [0.717, 1.165) is 30.7 Å². The van der Waals surface area contributed by atoms with Gasteiger partial charge in [0.15, 0.2) is 0 Å². The average Bonchev–Trinajstić information content (AvgIpc) is 2.25. The van der Waals surface area contributed by atoms with E-state index in [9.17, 15) is 18.0 Å². The van der Waals surface area contributed by atoms with Crippen molar-refractivity contribution < 1.29 is 18.0 Å². The third-order valence-electron chi connectivity index (χ3n) is 2.72. The van der Waals surface area contributed by atoms with Crippen LogP contribution >= 0.6 is 0 Å². The summed E-state index contributed by atoms with van der Waals surface area (Å²) in [7, 11) is 1.42. The van der Waals surface area contributed by atoms with E-state index in [-0.39, 0.29) is 18.5 Å². The highest BCUT2D eigenvalue weighted by molar-refractivity contribution is 5.81. The second-order valence-corrected chi connectivity index (χ2v) is 4.13. The van der Waals surface area contributed by atoms with Crippen LogP contribution in [0.5, 0.6) is 0 Å². The predicted octanol–water partition coefficient (Wildman–Crippen LogP) is 1.54. The number of amides is 1. The number of nitrogens with zero attached hydrogens (tertiary/aromatic N) is 1. The Kier molecular flexibility index (Phi) is 4.58. The van der Waals surface area contributed by atoms with Gasteiger partial charge in [-0.3, -0.25) is 4.79 Å². The minimum absolute atomic E-state index is 0.232. The van der Waals surface area contributed by atoms with Gasteiger partial charge in [0.1, 0.15) is 0 Å². The molecule has 0 aromatic heterocycles. The molecule has 0 aliphatic carbocycles. The van der Waals surface area contributed by atoms with Crippen LogP contribution in [0.3, 0.4) is 0 Å². The van der Waals surface area contributed by atoms with E-state index in [1.807, 2.05) is 0 Å². The van der Waals surface area contributed by atoms with Crippen LogP contribution in [-0.2, 0) is 4.79 Å². The second-order valence-electron chi connectivity index (χ2n) is 4.13. The van der Waals surface area contributed by atoms with Crippen molar-refractivity contribution in [1.29, 1.82) is 0 Å². The first-order valence-electron chi connectivity index (χ1n) is 5.45. The van der Waals surface area contributed by atoms with Crippen molar-refractivity contribution in [3.8, 4) is 0 Å². The highest BCUT2D eigenvalue weighted by Gasteiger charge is 2.30. The maximum atomic E-state index is 12.0. The van der Waals surface area contributed by atoms with Gasteiger partial charge in [0.2, 0.25) is 5.91 Å². The molecular formula is C10H17F3N2O. The van der Waals surface area contributed by atoms with Gasteiger partial charge in [-0.15, -0.1) is 0 Å². The van der Waals surface area contributed by atoms with Crippen molar-refractivity contribution in [2.75, 3.05) is 20.1 Å². The predicted molar refractivity (Wildman–Crippen MR) is 54.0 cm³/mol. The summed E-state index contributed by atoms with van der Waals surface area (Å²) >= 11 is 0. The normalized spacial score (nSPS) is 21.9. The molecule has 1 aliphatic heterocycles. The zero-order valence-corrected chi connectivity index (χ0v) is 9.31. The molecule has 3 nitrogen and oxygen atoms in total. The third kappa shape index (κ3) is 4.38. The summed E-state index contributed by atoms with van der Waals surface area (Å²) < 4.78 is 35.9. The highest BCUT2D eigenvalue weighted by atomic mass is 19.4. The number of carbonyl (C=O) groups is 1. The maximum Gasteiger partial charge on any atom is 0.390 e. The molecule has 0 saturated carbocycles. The number of rotatable bonds is 3. The van der Waals surface area contributed by atoms with Crippen LogP contribution in [0, 0.1) is 0 Å². The lowest BCUT2D eigenvalue weighted by molar-refractivity contribution is -0.145. The summed E-state index contributed by atoms with van der Waals surface area (Å²) in [6, 6.07) is -0.299. The maximum absolute atomic E-state index is 12.0. The molecule has 0 unspecified atom stereocenters. The summed E-state index contributed by atoms with van der Waals surface area (Å²) in [6.07, 6.45) is -2.45. The van der Waals surface area contributed by atoms with Gasteiger partial charge >= 0.3 is 6.18 Å². The summed E-state index contributed by atoms with van der Waals surface area (Å²) in [6.45, 7) is 0.504. The molecule has 1 aliphatic rings. The first kappa shape index (κ1) is 13.3. The Balaban J connectivity index is 2.34. The SMILES string of the molecule is CN(CCC(F)(F)F)C(=O)[C@@H]1CCCCN1. The number of hydrogen-bond donors (Lipinski definition) is 1. The van der Waals surface area contributed by atoms with Crippen LogP contribution in [-0.4, -0.2) is 43.2 Å². The fraction of sp³-hybridized carbons (Fsp3) is 0.900. The van der Waals surface area contributed by atoms with Crippen LogP contribution in [0.4, 0.5) is 13.2 Å². The van der Waals surface area contributed by atoms with E-state index in [2.05, 4.69) is 5.32 Å². The number of piperidine rings is 1. The molecular weight excluding hydrogens is 221 g/mol. The summed E-state index contributed by atoms with van der Waals surface area (Å²) in [5.41, 5.74) is 0. The van der Waals surface area contributed by atoms with Crippen molar-refractivity contribution in [1.82, 2.24) is 10.2 Å². The van der Waals surface area contributed by atoms with E-state index >= 15 is 0 Å². The largest absolute Gasteiger partial charge is 0.390 e. The minimum Gasteiger partial charge on any atom is -0.344 e. The fourth-order valence-electron chi connectivity index (χ4n) is 1.73. The Labute approximate surface area is 93.0 Å². The molecule has 94 valence electrons. The van der Waals surface area contributed by atoms with Crippen molar-refractivity contribution >= 4 is 5.91 Å². The summed E-state index contributed by atoms with van der Waals surface area (Å²) in [5, 5.41) is 3.02. The highest BCUT2D eigenvalue weighted by Crippen LogP contribution is 2.20. The Morgan fingerprint density at radius 3 is 2.62 bits per heavy atom. The van der Waals surface area contributed by atoms with Crippen LogP contribution in [0.15, 0.2) is 0 Å². The Bertz CT molecular complexity index is 237. The molecule has 0 aromatic rings. The van der Waals surface area contributed by atoms with E-state index in [1.165, 1.54) is 7.05 Å². The molecule has 1 rings (SSSR count). The zero-order valence-electron chi connectivity index (χ0n) is 9.31. The second kappa shape index (κ2) is 5.52. The van der Waals surface area contributed by atoms with Gasteiger partial charge in [0.25, 0.3) is 0 Å². The quantitative estimate of drug-likeness (QED) is 0.809. The van der Waals surface area contributed by atoms with Gasteiger partial charge in [-0.05, 0) is 19.4 Å². The van der Waals surface area contributed by atoms with Crippen molar-refractivity contribution in [3.63, 3.8) is 0 Å². The van der Waals surface area contributed by atoms with Gasteiger partial charge in [-0.2, -0.15) is 13.2 Å². The van der Waals surface area contributed by atoms with E-state index in [1.54, 1.807) is 0 Å². The molecule has 1 atom stereocenters. The molecule has 1 fully saturated rings. The molecule has 0 aromatic carbocycles. The van der Waals surface area contributed by atoms with Crippen LogP contribution < -0.4 is 5.32 Å². The Hall–Kier alpha value is -0.780. The van der Waals surface area contributed by atoms with Crippen LogP contribution in [0.1, 0.15) is 25.7 Å². The monoisotopic (exact) mass is 238 g/mol. The van der Waals surface area contributed by atoms with Gasteiger partial charge < -0.3 is 10.2 Å². The Morgan fingerprint density at radius 2 is 2.12 bits per heavy atom. The molecule has 0 radical (unpaired) electrons. The van der Waals surface area contributed by atoms with Gasteiger partial charge in [0.05, 0.1) is 12.5 Å². The molecule has 0 spiro atoms. The average molecular weight is 238 g/mol. The number of halogens is 3. The topological polar surface area (TPSA) is 32.3 Å². The molecule has 16 heavy (non-hydrogen) atoms. The lowest BCUT2D eigenvalue weighted by Crippen LogP contribution is -2.47. The summed E-state index contributed by atoms with van der Waals surface area (Å²) in [4.78, 5) is 12.9. The number of alkyl halides is 3. The molecule has 1 heterocycles.